The summed E-state index contributed by atoms with van der Waals surface area (Å²) in [7, 11) is 0. The molecule has 1 fully saturated rings. The van der Waals surface area contributed by atoms with Crippen molar-refractivity contribution in [3.63, 3.8) is 0 Å². The predicted octanol–water partition coefficient (Wildman–Crippen LogP) is 2.82. The summed E-state index contributed by atoms with van der Waals surface area (Å²) in [6, 6.07) is 8.32. The number of carbonyl (C=O) groups is 1. The van der Waals surface area contributed by atoms with Gasteiger partial charge in [0.25, 0.3) is 0 Å². The number of hydrogen-bond acceptors (Lipinski definition) is 2. The van der Waals surface area contributed by atoms with Gasteiger partial charge in [-0.25, -0.2) is 0 Å². The number of rotatable bonds is 4. The summed E-state index contributed by atoms with van der Waals surface area (Å²) in [5.41, 5.74) is 2.08. The van der Waals surface area contributed by atoms with E-state index in [9.17, 15) is 4.79 Å². The zero-order valence-electron chi connectivity index (χ0n) is 15.3. The van der Waals surface area contributed by atoms with E-state index < -0.39 is 0 Å². The van der Waals surface area contributed by atoms with Crippen LogP contribution in [0.4, 0.5) is 0 Å². The first kappa shape index (κ1) is 18.0. The molecule has 0 amide bonds. The van der Waals surface area contributed by atoms with Gasteiger partial charge in [0.2, 0.25) is 0 Å². The van der Waals surface area contributed by atoms with Crippen LogP contribution in [0.3, 0.4) is 0 Å². The van der Waals surface area contributed by atoms with Gasteiger partial charge in [0.15, 0.2) is 0 Å². The standard InChI is InChI=1S/C20H31NO2/c1-19(2,3)16-8-6-15(7-9-16)14-18(22)23-20(4,5)17-10-12-21-13-11-17/h6-9,17,21H,10-14H2,1-5H3/p+1. The van der Waals surface area contributed by atoms with Crippen molar-refractivity contribution in [1.82, 2.24) is 0 Å². The molecule has 0 unspecified atom stereocenters. The predicted molar refractivity (Wildman–Crippen MR) is 93.4 cm³/mol. The number of nitrogens with two attached hydrogens (primary N) is 1. The summed E-state index contributed by atoms with van der Waals surface area (Å²) in [5.74, 6) is 0.354. The van der Waals surface area contributed by atoms with Crippen molar-refractivity contribution in [3.8, 4) is 0 Å². The molecular formula is C20H32NO2+. The van der Waals surface area contributed by atoms with Gasteiger partial charge < -0.3 is 10.1 Å². The number of carbonyl (C=O) groups excluding carboxylic acids is 1. The molecule has 0 radical (unpaired) electrons. The average Bonchev–Trinajstić information content (AvgIpc) is 2.47. The first-order valence-corrected chi connectivity index (χ1v) is 8.81. The second-order valence-electron chi connectivity index (χ2n) is 8.34. The van der Waals surface area contributed by atoms with E-state index in [-0.39, 0.29) is 17.0 Å². The molecule has 2 N–H and O–H groups in total. The Hall–Kier alpha value is -1.35. The number of piperidine rings is 1. The molecule has 0 spiro atoms. The molecule has 0 bridgehead atoms. The van der Waals surface area contributed by atoms with Gasteiger partial charge in [0.1, 0.15) is 5.60 Å². The Kier molecular flexibility index (Phi) is 5.51. The van der Waals surface area contributed by atoms with Crippen molar-refractivity contribution in [3.05, 3.63) is 35.4 Å². The van der Waals surface area contributed by atoms with Gasteiger partial charge in [-0.1, -0.05) is 45.0 Å². The van der Waals surface area contributed by atoms with E-state index in [1.54, 1.807) is 0 Å². The zero-order valence-corrected chi connectivity index (χ0v) is 15.3. The first-order valence-electron chi connectivity index (χ1n) is 8.81. The molecule has 23 heavy (non-hydrogen) atoms. The molecule has 3 heteroatoms. The molecule has 1 aromatic carbocycles. The normalized spacial score (nSPS) is 17.1. The van der Waals surface area contributed by atoms with E-state index in [0.717, 1.165) is 31.5 Å². The quantitative estimate of drug-likeness (QED) is 0.868. The molecule has 0 saturated carbocycles. The van der Waals surface area contributed by atoms with Crippen LogP contribution in [0.25, 0.3) is 0 Å². The highest BCUT2D eigenvalue weighted by atomic mass is 16.6. The summed E-state index contributed by atoms with van der Waals surface area (Å²) in [5, 5.41) is 2.34. The van der Waals surface area contributed by atoms with Gasteiger partial charge in [-0.2, -0.15) is 0 Å². The van der Waals surface area contributed by atoms with Crippen LogP contribution >= 0.6 is 0 Å². The lowest BCUT2D eigenvalue weighted by molar-refractivity contribution is -0.665. The van der Waals surface area contributed by atoms with Gasteiger partial charge in [-0.3, -0.25) is 4.79 Å². The Labute approximate surface area is 140 Å². The van der Waals surface area contributed by atoms with E-state index in [4.69, 9.17) is 4.74 Å². The van der Waals surface area contributed by atoms with Crippen molar-refractivity contribution in [2.45, 2.75) is 64.9 Å². The van der Waals surface area contributed by atoms with Crippen molar-refractivity contribution in [2.24, 2.45) is 5.92 Å². The molecule has 2 rings (SSSR count). The second-order valence-corrected chi connectivity index (χ2v) is 8.34. The molecule has 0 aliphatic carbocycles. The highest BCUT2D eigenvalue weighted by Crippen LogP contribution is 2.28. The van der Waals surface area contributed by atoms with Gasteiger partial charge in [0, 0.05) is 18.8 Å². The van der Waals surface area contributed by atoms with Crippen molar-refractivity contribution in [2.75, 3.05) is 13.1 Å². The van der Waals surface area contributed by atoms with E-state index in [2.05, 4.69) is 52.1 Å². The van der Waals surface area contributed by atoms with E-state index in [1.807, 2.05) is 12.1 Å². The number of benzene rings is 1. The highest BCUT2D eigenvalue weighted by Gasteiger charge is 2.35. The largest absolute Gasteiger partial charge is 0.459 e. The lowest BCUT2D eigenvalue weighted by Crippen LogP contribution is -2.86. The van der Waals surface area contributed by atoms with Gasteiger partial charge in [0.05, 0.1) is 19.5 Å². The second kappa shape index (κ2) is 7.04. The molecule has 0 aromatic heterocycles. The minimum atomic E-state index is -0.364. The third-order valence-corrected chi connectivity index (χ3v) is 4.97. The van der Waals surface area contributed by atoms with Crippen molar-refractivity contribution in [1.29, 1.82) is 0 Å². The number of quaternary nitrogens is 1. The molecule has 1 aliphatic rings. The average molecular weight is 318 g/mol. The van der Waals surface area contributed by atoms with E-state index in [0.29, 0.717) is 12.3 Å². The van der Waals surface area contributed by atoms with Gasteiger partial charge >= 0.3 is 5.97 Å². The Morgan fingerprint density at radius 3 is 2.17 bits per heavy atom. The van der Waals surface area contributed by atoms with Crippen LogP contribution in [0.2, 0.25) is 0 Å². The summed E-state index contributed by atoms with van der Waals surface area (Å²) in [4.78, 5) is 12.3. The maximum atomic E-state index is 12.3. The fourth-order valence-corrected chi connectivity index (χ4v) is 3.32. The summed E-state index contributed by atoms with van der Waals surface area (Å²) in [6.07, 6.45) is 2.60. The van der Waals surface area contributed by atoms with Gasteiger partial charge in [-0.15, -0.1) is 0 Å². The fraction of sp³-hybridized carbons (Fsp3) is 0.650. The smallest absolute Gasteiger partial charge is 0.310 e. The Bertz CT molecular complexity index is 520. The molecule has 1 aromatic rings. The molecule has 1 aliphatic heterocycles. The van der Waals surface area contributed by atoms with E-state index in [1.165, 1.54) is 5.56 Å². The van der Waals surface area contributed by atoms with Crippen LogP contribution in [0.5, 0.6) is 0 Å². The maximum absolute atomic E-state index is 12.3. The first-order chi connectivity index (χ1) is 10.7. The van der Waals surface area contributed by atoms with Crippen LogP contribution in [-0.2, 0) is 21.4 Å². The maximum Gasteiger partial charge on any atom is 0.310 e. The molecule has 1 saturated heterocycles. The Morgan fingerprint density at radius 2 is 1.65 bits per heavy atom. The Balaban J connectivity index is 1.93. The van der Waals surface area contributed by atoms with Crippen LogP contribution in [0, 0.1) is 5.92 Å². The molecular weight excluding hydrogens is 286 g/mol. The lowest BCUT2D eigenvalue weighted by atomic mass is 9.83. The molecule has 1 heterocycles. The summed E-state index contributed by atoms with van der Waals surface area (Å²) in [6.45, 7) is 13.0. The van der Waals surface area contributed by atoms with Crippen LogP contribution < -0.4 is 5.32 Å². The minimum Gasteiger partial charge on any atom is -0.459 e. The SMILES string of the molecule is CC(C)(C)c1ccc(CC(=O)OC(C)(C)C2CC[NH2+]CC2)cc1. The monoisotopic (exact) mass is 318 g/mol. The summed E-state index contributed by atoms with van der Waals surface area (Å²) >= 11 is 0. The third-order valence-electron chi connectivity index (χ3n) is 4.97. The number of hydrogen-bond donors (Lipinski definition) is 1. The molecule has 3 nitrogen and oxygen atoms in total. The zero-order chi connectivity index (χ0) is 17.1. The van der Waals surface area contributed by atoms with Crippen LogP contribution in [0.1, 0.15) is 58.6 Å². The molecule has 128 valence electrons. The van der Waals surface area contributed by atoms with Crippen molar-refractivity contribution >= 4 is 5.97 Å². The Morgan fingerprint density at radius 1 is 1.09 bits per heavy atom. The number of ether oxygens (including phenoxy) is 1. The minimum absolute atomic E-state index is 0.118. The lowest BCUT2D eigenvalue weighted by Gasteiger charge is -2.35. The van der Waals surface area contributed by atoms with Crippen LogP contribution in [-0.4, -0.2) is 24.7 Å². The fourth-order valence-electron chi connectivity index (χ4n) is 3.32. The van der Waals surface area contributed by atoms with Crippen molar-refractivity contribution < 1.29 is 14.8 Å². The van der Waals surface area contributed by atoms with E-state index >= 15 is 0 Å². The molecule has 0 atom stereocenters. The third kappa shape index (κ3) is 5.07. The summed E-state index contributed by atoms with van der Waals surface area (Å²) < 4.78 is 5.83. The number of esters is 1. The van der Waals surface area contributed by atoms with Gasteiger partial charge in [-0.05, 0) is 30.4 Å². The van der Waals surface area contributed by atoms with Crippen LogP contribution in [0.15, 0.2) is 24.3 Å². The highest BCUT2D eigenvalue weighted by molar-refractivity contribution is 5.73. The topological polar surface area (TPSA) is 42.9 Å².